The lowest BCUT2D eigenvalue weighted by molar-refractivity contribution is -0.114. The van der Waals surface area contributed by atoms with Crippen LogP contribution in [-0.4, -0.2) is 49.6 Å². The van der Waals surface area contributed by atoms with Crippen LogP contribution in [0.1, 0.15) is 11.8 Å². The standard InChI is InChI=1S/C20H23N3O2S2/c1-4-25-16-8-5-9-17-19(16)21-20(27-17)23(13-12-22(2)3)18(24)11-10-15-7-6-14-26-15/h5-11,14H,4,12-13H2,1-3H3. The first-order valence-electron chi connectivity index (χ1n) is 8.78. The summed E-state index contributed by atoms with van der Waals surface area (Å²) in [5.41, 5.74) is 0.809. The largest absolute Gasteiger partial charge is 0.492 e. The molecule has 3 aromatic rings. The Labute approximate surface area is 167 Å². The van der Waals surface area contributed by atoms with Gasteiger partial charge in [0.1, 0.15) is 11.3 Å². The molecule has 0 N–H and O–H groups in total. The molecule has 1 aromatic carbocycles. The molecule has 0 aliphatic rings. The number of fused-ring (bicyclic) bond motifs is 1. The highest BCUT2D eigenvalue weighted by atomic mass is 32.1. The van der Waals surface area contributed by atoms with Crippen molar-refractivity contribution in [2.45, 2.75) is 6.92 Å². The predicted molar refractivity (Wildman–Crippen MR) is 115 cm³/mol. The van der Waals surface area contributed by atoms with Crippen molar-refractivity contribution < 1.29 is 9.53 Å². The molecular weight excluding hydrogens is 378 g/mol. The Hall–Kier alpha value is -2.22. The van der Waals surface area contributed by atoms with E-state index < -0.39 is 0 Å². The van der Waals surface area contributed by atoms with E-state index >= 15 is 0 Å². The Morgan fingerprint density at radius 3 is 2.78 bits per heavy atom. The Morgan fingerprint density at radius 1 is 1.22 bits per heavy atom. The second-order valence-electron chi connectivity index (χ2n) is 6.17. The summed E-state index contributed by atoms with van der Waals surface area (Å²) in [6.45, 7) is 3.87. The molecule has 0 aliphatic carbocycles. The number of thiazole rings is 1. The van der Waals surface area contributed by atoms with Crippen LogP contribution >= 0.6 is 22.7 Å². The normalized spacial score (nSPS) is 11.6. The second-order valence-corrected chi connectivity index (χ2v) is 8.16. The van der Waals surface area contributed by atoms with Gasteiger partial charge in [-0.25, -0.2) is 4.98 Å². The van der Waals surface area contributed by atoms with Crippen LogP contribution < -0.4 is 9.64 Å². The third-order valence-corrected chi connectivity index (χ3v) is 5.75. The molecule has 0 spiro atoms. The van der Waals surface area contributed by atoms with Crippen molar-refractivity contribution in [1.29, 1.82) is 0 Å². The molecule has 5 nitrogen and oxygen atoms in total. The van der Waals surface area contributed by atoms with Gasteiger partial charge in [-0.2, -0.15) is 0 Å². The van der Waals surface area contributed by atoms with E-state index in [4.69, 9.17) is 9.72 Å². The molecule has 2 heterocycles. The summed E-state index contributed by atoms with van der Waals surface area (Å²) in [7, 11) is 3.99. The average molecular weight is 402 g/mol. The molecule has 0 aliphatic heterocycles. The lowest BCUT2D eigenvalue weighted by atomic mass is 10.3. The Balaban J connectivity index is 1.91. The molecule has 2 aromatic heterocycles. The highest BCUT2D eigenvalue weighted by molar-refractivity contribution is 7.22. The average Bonchev–Trinajstić information content (AvgIpc) is 3.30. The smallest absolute Gasteiger partial charge is 0.252 e. The minimum atomic E-state index is -0.0673. The number of ether oxygens (including phenoxy) is 1. The summed E-state index contributed by atoms with van der Waals surface area (Å²) in [6, 6.07) is 9.84. The van der Waals surface area contributed by atoms with E-state index in [0.717, 1.165) is 27.4 Å². The minimum absolute atomic E-state index is 0.0673. The van der Waals surface area contributed by atoms with E-state index in [2.05, 4.69) is 4.90 Å². The van der Waals surface area contributed by atoms with E-state index in [1.807, 2.05) is 62.8 Å². The summed E-state index contributed by atoms with van der Waals surface area (Å²) in [5, 5.41) is 2.69. The Kier molecular flexibility index (Phi) is 6.60. The fourth-order valence-electron chi connectivity index (χ4n) is 2.53. The molecular formula is C20H23N3O2S2. The lowest BCUT2D eigenvalue weighted by Gasteiger charge is -2.20. The van der Waals surface area contributed by atoms with Crippen LogP contribution in [0.2, 0.25) is 0 Å². The van der Waals surface area contributed by atoms with Crippen LogP contribution in [0, 0.1) is 0 Å². The number of aromatic nitrogens is 1. The third kappa shape index (κ3) is 4.94. The topological polar surface area (TPSA) is 45.7 Å². The molecule has 3 rings (SSSR count). The lowest BCUT2D eigenvalue weighted by Crippen LogP contribution is -2.35. The van der Waals surface area contributed by atoms with Gasteiger partial charge in [0.2, 0.25) is 0 Å². The number of carbonyl (C=O) groups is 1. The van der Waals surface area contributed by atoms with E-state index in [9.17, 15) is 4.79 Å². The molecule has 7 heteroatoms. The van der Waals surface area contributed by atoms with Crippen LogP contribution in [0.3, 0.4) is 0 Å². The number of thiophene rings is 1. The van der Waals surface area contributed by atoms with Crippen molar-refractivity contribution in [3.05, 3.63) is 46.7 Å². The Bertz CT molecular complexity index is 917. The number of anilines is 1. The molecule has 0 fully saturated rings. The molecule has 1 amide bonds. The molecule has 0 unspecified atom stereocenters. The van der Waals surface area contributed by atoms with Gasteiger partial charge in [0, 0.05) is 24.0 Å². The Morgan fingerprint density at radius 2 is 2.07 bits per heavy atom. The first-order valence-corrected chi connectivity index (χ1v) is 10.5. The van der Waals surface area contributed by atoms with Gasteiger partial charge in [-0.05, 0) is 50.7 Å². The molecule has 0 bridgehead atoms. The van der Waals surface area contributed by atoms with Gasteiger partial charge in [-0.15, -0.1) is 11.3 Å². The number of hydrogen-bond acceptors (Lipinski definition) is 6. The number of hydrogen-bond donors (Lipinski definition) is 0. The highest BCUT2D eigenvalue weighted by Crippen LogP contribution is 2.34. The molecule has 0 atom stereocenters. The number of likely N-dealkylation sites (N-methyl/N-ethyl adjacent to an activating group) is 1. The summed E-state index contributed by atoms with van der Waals surface area (Å²) >= 11 is 3.12. The summed E-state index contributed by atoms with van der Waals surface area (Å²) < 4.78 is 6.70. The fraction of sp³-hybridized carbons (Fsp3) is 0.300. The van der Waals surface area contributed by atoms with Crippen molar-refractivity contribution >= 4 is 50.0 Å². The van der Waals surface area contributed by atoms with Crippen molar-refractivity contribution in [1.82, 2.24) is 9.88 Å². The van der Waals surface area contributed by atoms with Crippen LogP contribution in [-0.2, 0) is 4.79 Å². The van der Waals surface area contributed by atoms with Gasteiger partial charge < -0.3 is 9.64 Å². The van der Waals surface area contributed by atoms with Crippen molar-refractivity contribution in [3.63, 3.8) is 0 Å². The zero-order valence-electron chi connectivity index (χ0n) is 15.7. The van der Waals surface area contributed by atoms with Gasteiger partial charge in [0.15, 0.2) is 5.13 Å². The van der Waals surface area contributed by atoms with Gasteiger partial charge in [0.05, 0.1) is 11.3 Å². The van der Waals surface area contributed by atoms with Gasteiger partial charge in [-0.3, -0.25) is 9.69 Å². The van der Waals surface area contributed by atoms with Crippen molar-refractivity contribution in [2.75, 3.05) is 38.7 Å². The molecule has 0 radical (unpaired) electrons. The number of rotatable bonds is 8. The first-order chi connectivity index (χ1) is 13.1. The van der Waals surface area contributed by atoms with E-state index in [0.29, 0.717) is 18.3 Å². The van der Waals surface area contributed by atoms with E-state index in [1.165, 1.54) is 11.3 Å². The van der Waals surface area contributed by atoms with Crippen LogP contribution in [0.4, 0.5) is 5.13 Å². The number of nitrogens with zero attached hydrogens (tertiary/aromatic N) is 3. The molecule has 0 saturated heterocycles. The van der Waals surface area contributed by atoms with Gasteiger partial charge in [0.25, 0.3) is 5.91 Å². The summed E-state index contributed by atoms with van der Waals surface area (Å²) in [6.07, 6.45) is 3.48. The summed E-state index contributed by atoms with van der Waals surface area (Å²) in [5.74, 6) is 0.689. The maximum Gasteiger partial charge on any atom is 0.252 e. The van der Waals surface area contributed by atoms with Crippen LogP contribution in [0.5, 0.6) is 5.75 Å². The molecule has 0 saturated carbocycles. The maximum atomic E-state index is 12.9. The van der Waals surface area contributed by atoms with Crippen LogP contribution in [0.25, 0.3) is 16.3 Å². The second kappa shape index (κ2) is 9.12. The predicted octanol–water partition coefficient (Wildman–Crippen LogP) is 4.36. The van der Waals surface area contributed by atoms with E-state index in [1.54, 1.807) is 22.3 Å². The van der Waals surface area contributed by atoms with Crippen molar-refractivity contribution in [3.8, 4) is 5.75 Å². The SMILES string of the molecule is CCOc1cccc2sc(N(CCN(C)C)C(=O)C=Cc3cccs3)nc12. The zero-order chi connectivity index (χ0) is 19.2. The van der Waals surface area contributed by atoms with Crippen molar-refractivity contribution in [2.24, 2.45) is 0 Å². The minimum Gasteiger partial charge on any atom is -0.492 e. The van der Waals surface area contributed by atoms with Crippen LogP contribution in [0.15, 0.2) is 41.8 Å². The highest BCUT2D eigenvalue weighted by Gasteiger charge is 2.19. The summed E-state index contributed by atoms with van der Waals surface area (Å²) in [4.78, 5) is 22.5. The van der Waals surface area contributed by atoms with E-state index in [-0.39, 0.29) is 5.91 Å². The number of carbonyl (C=O) groups excluding carboxylic acids is 1. The van der Waals surface area contributed by atoms with Gasteiger partial charge >= 0.3 is 0 Å². The molecule has 27 heavy (non-hydrogen) atoms. The zero-order valence-corrected chi connectivity index (χ0v) is 17.3. The monoisotopic (exact) mass is 401 g/mol. The quantitative estimate of drug-likeness (QED) is 0.526. The number of amides is 1. The molecule has 142 valence electrons. The number of benzene rings is 1. The maximum absolute atomic E-state index is 12.9. The fourth-order valence-corrected chi connectivity index (χ4v) is 4.16. The van der Waals surface area contributed by atoms with Gasteiger partial charge in [-0.1, -0.05) is 23.5 Å². The first kappa shape index (κ1) is 19.5. The third-order valence-electron chi connectivity index (χ3n) is 3.87. The number of para-hydroxylation sites is 1.